The molecule has 1 aromatic carbocycles. The first kappa shape index (κ1) is 21.4. The van der Waals surface area contributed by atoms with Gasteiger partial charge in [-0.25, -0.2) is 4.79 Å². The highest BCUT2D eigenvalue weighted by Crippen LogP contribution is 2.29. The molecule has 30 heavy (non-hydrogen) atoms. The number of amides is 1. The zero-order valence-corrected chi connectivity index (χ0v) is 18.3. The number of hydrogen-bond acceptors (Lipinski definition) is 6. The molecule has 1 amide bonds. The van der Waals surface area contributed by atoms with Crippen molar-refractivity contribution in [2.45, 2.75) is 30.8 Å². The molecule has 1 aliphatic heterocycles. The molecule has 1 N–H and O–H groups in total. The van der Waals surface area contributed by atoms with Gasteiger partial charge in [0.05, 0.1) is 19.0 Å². The molecular formula is C21H25ClN4O3S. The molecule has 2 aliphatic rings. The Morgan fingerprint density at radius 2 is 2.07 bits per heavy atom. The molecule has 4 rings (SSSR count). The molecule has 0 spiro atoms. The van der Waals surface area contributed by atoms with Crippen LogP contribution in [0.15, 0.2) is 34.1 Å². The maximum atomic E-state index is 12.7. The van der Waals surface area contributed by atoms with Gasteiger partial charge in [0.15, 0.2) is 0 Å². The smallest absolute Gasteiger partial charge is 0.348 e. The zero-order chi connectivity index (χ0) is 20.9. The third kappa shape index (κ3) is 5.24. The number of benzene rings is 1. The van der Waals surface area contributed by atoms with Crippen molar-refractivity contribution in [2.75, 3.05) is 43.9 Å². The first-order chi connectivity index (χ1) is 14.6. The van der Waals surface area contributed by atoms with Crippen LogP contribution in [-0.2, 0) is 28.9 Å². The lowest BCUT2D eigenvalue weighted by atomic mass is 10.2. The Hall–Kier alpha value is -1.87. The van der Waals surface area contributed by atoms with Gasteiger partial charge in [0.25, 0.3) is 0 Å². The second-order valence-corrected chi connectivity index (χ2v) is 8.83. The van der Waals surface area contributed by atoms with Crippen molar-refractivity contribution in [3.05, 3.63) is 51.0 Å². The summed E-state index contributed by atoms with van der Waals surface area (Å²) in [5, 5.41) is 4.09. The number of carbonyl (C=O) groups excluding carboxylic acids is 1. The predicted octanol–water partition coefficient (Wildman–Crippen LogP) is 2.45. The second-order valence-electron chi connectivity index (χ2n) is 7.43. The van der Waals surface area contributed by atoms with E-state index in [4.69, 9.17) is 16.3 Å². The summed E-state index contributed by atoms with van der Waals surface area (Å²) in [5.74, 6) is 0.0516. The zero-order valence-electron chi connectivity index (χ0n) is 16.7. The Labute approximate surface area is 184 Å². The number of aromatic nitrogens is 2. The molecule has 1 aliphatic carbocycles. The molecule has 0 atom stereocenters. The highest BCUT2D eigenvalue weighted by atomic mass is 35.5. The average molecular weight is 449 g/mol. The fraction of sp³-hybridized carbons (Fsp3) is 0.476. The third-order valence-electron chi connectivity index (χ3n) is 5.39. The van der Waals surface area contributed by atoms with Gasteiger partial charge < -0.3 is 10.1 Å². The van der Waals surface area contributed by atoms with Crippen molar-refractivity contribution in [3.63, 3.8) is 0 Å². The van der Waals surface area contributed by atoms with Crippen molar-refractivity contribution in [1.29, 1.82) is 0 Å². The molecule has 0 unspecified atom stereocenters. The monoisotopic (exact) mass is 448 g/mol. The van der Waals surface area contributed by atoms with Crippen molar-refractivity contribution in [1.82, 2.24) is 14.5 Å². The minimum Gasteiger partial charge on any atom is -0.379 e. The van der Waals surface area contributed by atoms with Crippen molar-refractivity contribution in [2.24, 2.45) is 0 Å². The first-order valence-corrected chi connectivity index (χ1v) is 11.6. The van der Waals surface area contributed by atoms with Gasteiger partial charge >= 0.3 is 5.69 Å². The summed E-state index contributed by atoms with van der Waals surface area (Å²) in [5.41, 5.74) is 2.64. The largest absolute Gasteiger partial charge is 0.379 e. The number of thioether (sulfide) groups is 1. The minimum atomic E-state index is -0.221. The molecule has 0 saturated carbocycles. The van der Waals surface area contributed by atoms with Crippen LogP contribution in [0.2, 0.25) is 5.02 Å². The summed E-state index contributed by atoms with van der Waals surface area (Å²) in [6, 6.07) is 7.04. The molecular weight excluding hydrogens is 424 g/mol. The van der Waals surface area contributed by atoms with E-state index in [1.165, 1.54) is 11.8 Å². The van der Waals surface area contributed by atoms with E-state index >= 15 is 0 Å². The Balaban J connectivity index is 1.41. The molecule has 9 heteroatoms. The maximum Gasteiger partial charge on any atom is 0.348 e. The van der Waals surface area contributed by atoms with Crippen LogP contribution in [0.5, 0.6) is 0 Å². The van der Waals surface area contributed by atoms with Gasteiger partial charge in [0.2, 0.25) is 5.91 Å². The van der Waals surface area contributed by atoms with Crippen LogP contribution in [0.25, 0.3) is 0 Å². The average Bonchev–Trinajstić information content (AvgIpc) is 3.22. The Morgan fingerprint density at radius 3 is 2.87 bits per heavy atom. The normalized spacial score (nSPS) is 16.4. The number of ether oxygens (including phenoxy) is 1. The molecule has 0 bridgehead atoms. The third-order valence-corrected chi connectivity index (χ3v) is 6.65. The molecule has 160 valence electrons. The van der Waals surface area contributed by atoms with E-state index < -0.39 is 0 Å². The van der Waals surface area contributed by atoms with E-state index in [1.807, 2.05) is 4.57 Å². The summed E-state index contributed by atoms with van der Waals surface area (Å²) in [7, 11) is 0. The van der Waals surface area contributed by atoms with Gasteiger partial charge in [0, 0.05) is 48.1 Å². The predicted molar refractivity (Wildman–Crippen MR) is 119 cm³/mol. The molecule has 2 heterocycles. The summed E-state index contributed by atoms with van der Waals surface area (Å²) >= 11 is 7.29. The molecule has 2 aromatic rings. The Morgan fingerprint density at radius 1 is 1.23 bits per heavy atom. The molecule has 7 nitrogen and oxygen atoms in total. The molecule has 1 fully saturated rings. The van der Waals surface area contributed by atoms with Gasteiger partial charge in [-0.2, -0.15) is 4.98 Å². The molecule has 1 aromatic heterocycles. The van der Waals surface area contributed by atoms with Crippen LogP contribution in [-0.4, -0.2) is 59.0 Å². The van der Waals surface area contributed by atoms with Crippen LogP contribution in [0.1, 0.15) is 17.7 Å². The number of nitrogens with zero attached hydrogens (tertiary/aromatic N) is 3. The fourth-order valence-corrected chi connectivity index (χ4v) is 4.97. The van der Waals surface area contributed by atoms with E-state index in [0.717, 1.165) is 63.4 Å². The fourth-order valence-electron chi connectivity index (χ4n) is 3.90. The van der Waals surface area contributed by atoms with Crippen molar-refractivity contribution in [3.8, 4) is 0 Å². The highest BCUT2D eigenvalue weighted by molar-refractivity contribution is 8.00. The molecule has 0 radical (unpaired) electrons. The minimum absolute atomic E-state index is 0.146. The van der Waals surface area contributed by atoms with Gasteiger partial charge in [-0.1, -0.05) is 29.4 Å². The highest BCUT2D eigenvalue weighted by Gasteiger charge is 2.23. The van der Waals surface area contributed by atoms with Gasteiger partial charge in [-0.3, -0.25) is 14.3 Å². The number of fused-ring (bicyclic) bond motifs is 1. The number of anilines is 1. The van der Waals surface area contributed by atoms with E-state index in [9.17, 15) is 9.59 Å². The van der Waals surface area contributed by atoms with Gasteiger partial charge in [0.1, 0.15) is 5.03 Å². The van der Waals surface area contributed by atoms with Crippen LogP contribution < -0.4 is 11.0 Å². The van der Waals surface area contributed by atoms with Crippen LogP contribution in [0, 0.1) is 0 Å². The lowest BCUT2D eigenvalue weighted by molar-refractivity contribution is -0.113. The number of hydrogen-bond donors (Lipinski definition) is 1. The van der Waals surface area contributed by atoms with E-state index in [1.54, 1.807) is 24.3 Å². The topological polar surface area (TPSA) is 76.5 Å². The first-order valence-electron chi connectivity index (χ1n) is 10.2. The van der Waals surface area contributed by atoms with Crippen molar-refractivity contribution < 1.29 is 9.53 Å². The number of carbonyl (C=O) groups is 1. The maximum absolute atomic E-state index is 12.7. The van der Waals surface area contributed by atoms with Crippen molar-refractivity contribution >= 4 is 35.0 Å². The van der Waals surface area contributed by atoms with Gasteiger partial charge in [-0.15, -0.1) is 0 Å². The lowest BCUT2D eigenvalue weighted by Gasteiger charge is -2.27. The quantitative estimate of drug-likeness (QED) is 0.518. The summed E-state index contributed by atoms with van der Waals surface area (Å²) < 4.78 is 7.22. The number of rotatable bonds is 7. The SMILES string of the molecule is O=C(CSc1nc(=O)n(CCN2CCOCC2)c2c1CCC2)Nc1cccc(Cl)c1. The summed E-state index contributed by atoms with van der Waals surface area (Å²) in [4.78, 5) is 31.7. The second kappa shape index (κ2) is 9.96. The Kier molecular flexibility index (Phi) is 7.09. The van der Waals surface area contributed by atoms with Gasteiger partial charge in [-0.05, 0) is 37.5 Å². The van der Waals surface area contributed by atoms with E-state index in [2.05, 4.69) is 15.2 Å². The van der Waals surface area contributed by atoms with E-state index in [0.29, 0.717) is 22.3 Å². The molecule has 1 saturated heterocycles. The van der Waals surface area contributed by atoms with E-state index in [-0.39, 0.29) is 17.3 Å². The lowest BCUT2D eigenvalue weighted by Crippen LogP contribution is -2.40. The standard InChI is InChI=1S/C21H25ClN4O3S/c22-15-3-1-4-16(13-15)23-19(27)14-30-20-17-5-2-6-18(17)26(21(28)24-20)8-7-25-9-11-29-12-10-25/h1,3-4,13H,2,5-12,14H2,(H,23,27). The number of halogens is 1. The van der Waals surface area contributed by atoms with Crippen LogP contribution in [0.3, 0.4) is 0 Å². The van der Waals surface area contributed by atoms with Crippen LogP contribution >= 0.6 is 23.4 Å². The Bertz CT molecular complexity index is 975. The number of morpholine rings is 1. The summed E-state index contributed by atoms with van der Waals surface area (Å²) in [6.45, 7) is 4.77. The summed E-state index contributed by atoms with van der Waals surface area (Å²) in [6.07, 6.45) is 2.80. The number of nitrogens with one attached hydrogen (secondary N) is 1. The van der Waals surface area contributed by atoms with Crippen LogP contribution in [0.4, 0.5) is 5.69 Å².